The van der Waals surface area contributed by atoms with Crippen LogP contribution in [0.4, 0.5) is 0 Å². The Labute approximate surface area is 148 Å². The first-order chi connectivity index (χ1) is 11.8. The van der Waals surface area contributed by atoms with Crippen LogP contribution in [0.25, 0.3) is 21.9 Å². The van der Waals surface area contributed by atoms with Crippen molar-refractivity contribution in [3.8, 4) is 11.1 Å². The van der Waals surface area contributed by atoms with Crippen LogP contribution in [-0.2, 0) is 15.1 Å². The Morgan fingerprint density at radius 3 is 2.12 bits per heavy atom. The average Bonchev–Trinajstić information content (AvgIpc) is 2.82. The normalized spacial score (nSPS) is 18.7. The SMILES string of the molecule is CC(C)(C)C(=O)OC1(C)c2ccccc2-c2cc3ccccc3cc21. The molecule has 25 heavy (non-hydrogen) atoms. The molecule has 0 saturated heterocycles. The van der Waals surface area contributed by atoms with E-state index in [9.17, 15) is 4.79 Å². The van der Waals surface area contributed by atoms with E-state index < -0.39 is 11.0 Å². The molecule has 126 valence electrons. The van der Waals surface area contributed by atoms with Gasteiger partial charge in [-0.15, -0.1) is 0 Å². The molecule has 2 nitrogen and oxygen atoms in total. The second-order valence-corrected chi connectivity index (χ2v) is 7.96. The number of ether oxygens (including phenoxy) is 1. The molecule has 0 aromatic heterocycles. The molecular formula is C23H22O2. The van der Waals surface area contributed by atoms with E-state index in [-0.39, 0.29) is 5.97 Å². The fraction of sp³-hybridized carbons (Fsp3) is 0.261. The van der Waals surface area contributed by atoms with E-state index in [0.717, 1.165) is 27.6 Å². The van der Waals surface area contributed by atoms with Gasteiger partial charge >= 0.3 is 5.97 Å². The van der Waals surface area contributed by atoms with Crippen LogP contribution in [0, 0.1) is 5.41 Å². The number of hydrogen-bond donors (Lipinski definition) is 0. The highest BCUT2D eigenvalue weighted by atomic mass is 16.6. The predicted octanol–water partition coefficient (Wildman–Crippen LogP) is 5.67. The lowest BCUT2D eigenvalue weighted by Gasteiger charge is -2.31. The van der Waals surface area contributed by atoms with Gasteiger partial charge in [0.05, 0.1) is 5.41 Å². The lowest BCUT2D eigenvalue weighted by molar-refractivity contribution is -0.164. The lowest BCUT2D eigenvalue weighted by Crippen LogP contribution is -2.34. The van der Waals surface area contributed by atoms with Crippen molar-refractivity contribution in [1.82, 2.24) is 0 Å². The molecule has 3 aromatic rings. The van der Waals surface area contributed by atoms with Crippen molar-refractivity contribution in [2.75, 3.05) is 0 Å². The van der Waals surface area contributed by atoms with Crippen molar-refractivity contribution < 1.29 is 9.53 Å². The van der Waals surface area contributed by atoms with Crippen LogP contribution in [0.1, 0.15) is 38.8 Å². The van der Waals surface area contributed by atoms with E-state index in [1.165, 1.54) is 5.39 Å². The van der Waals surface area contributed by atoms with Crippen LogP contribution in [0.2, 0.25) is 0 Å². The molecule has 1 aliphatic carbocycles. The maximum absolute atomic E-state index is 12.7. The van der Waals surface area contributed by atoms with E-state index in [4.69, 9.17) is 4.74 Å². The first-order valence-corrected chi connectivity index (χ1v) is 8.67. The summed E-state index contributed by atoms with van der Waals surface area (Å²) in [6.45, 7) is 7.68. The summed E-state index contributed by atoms with van der Waals surface area (Å²) in [6, 6.07) is 20.9. The molecule has 1 unspecified atom stereocenters. The van der Waals surface area contributed by atoms with Crippen LogP contribution in [0.3, 0.4) is 0 Å². The lowest BCUT2D eigenvalue weighted by atomic mass is 9.90. The molecule has 0 spiro atoms. The van der Waals surface area contributed by atoms with Gasteiger partial charge in [-0.3, -0.25) is 4.79 Å². The minimum Gasteiger partial charge on any atom is -0.449 e. The Kier molecular flexibility index (Phi) is 3.30. The minimum atomic E-state index is -0.764. The Hall–Kier alpha value is -2.61. The smallest absolute Gasteiger partial charge is 0.312 e. The number of benzene rings is 3. The van der Waals surface area contributed by atoms with Gasteiger partial charge in [0, 0.05) is 11.1 Å². The third kappa shape index (κ3) is 2.36. The highest BCUT2D eigenvalue weighted by molar-refractivity contribution is 5.93. The number of carbonyl (C=O) groups is 1. The van der Waals surface area contributed by atoms with Crippen molar-refractivity contribution >= 4 is 16.7 Å². The standard InChI is InChI=1S/C23H22O2/c1-22(2,3)21(24)25-23(4)19-12-8-7-11-17(19)18-13-15-9-5-6-10-16(15)14-20(18)23/h5-14H,1-4H3. The van der Waals surface area contributed by atoms with Crippen LogP contribution < -0.4 is 0 Å². The predicted molar refractivity (Wildman–Crippen MR) is 101 cm³/mol. The molecule has 0 fully saturated rings. The summed E-state index contributed by atoms with van der Waals surface area (Å²) in [5.74, 6) is -0.189. The highest BCUT2D eigenvalue weighted by Crippen LogP contribution is 2.51. The van der Waals surface area contributed by atoms with Gasteiger partial charge in [0.1, 0.15) is 0 Å². The summed E-state index contributed by atoms with van der Waals surface area (Å²) < 4.78 is 6.13. The number of carbonyl (C=O) groups excluding carboxylic acids is 1. The van der Waals surface area contributed by atoms with Crippen LogP contribution in [-0.4, -0.2) is 5.97 Å². The molecular weight excluding hydrogens is 308 g/mol. The second-order valence-electron chi connectivity index (χ2n) is 7.96. The number of rotatable bonds is 1. The van der Waals surface area contributed by atoms with Gasteiger partial charge in [-0.05, 0) is 61.7 Å². The van der Waals surface area contributed by atoms with E-state index >= 15 is 0 Å². The van der Waals surface area contributed by atoms with E-state index in [0.29, 0.717) is 0 Å². The largest absolute Gasteiger partial charge is 0.449 e. The van der Waals surface area contributed by atoms with Crippen molar-refractivity contribution in [3.63, 3.8) is 0 Å². The zero-order valence-corrected chi connectivity index (χ0v) is 15.1. The Bertz CT molecular complexity index is 994. The molecule has 0 amide bonds. The van der Waals surface area contributed by atoms with Gasteiger partial charge in [-0.2, -0.15) is 0 Å². The van der Waals surface area contributed by atoms with E-state index in [1.807, 2.05) is 45.9 Å². The van der Waals surface area contributed by atoms with E-state index in [1.54, 1.807) is 0 Å². The summed E-state index contributed by atoms with van der Waals surface area (Å²) in [5.41, 5.74) is 3.10. The molecule has 4 rings (SSSR count). The van der Waals surface area contributed by atoms with Crippen LogP contribution in [0.15, 0.2) is 60.7 Å². The summed E-state index contributed by atoms with van der Waals surface area (Å²) in [7, 11) is 0. The van der Waals surface area contributed by atoms with Gasteiger partial charge in [-0.25, -0.2) is 0 Å². The molecule has 2 heteroatoms. The van der Waals surface area contributed by atoms with Crippen LogP contribution >= 0.6 is 0 Å². The Morgan fingerprint density at radius 1 is 0.840 bits per heavy atom. The number of hydrogen-bond acceptors (Lipinski definition) is 2. The quantitative estimate of drug-likeness (QED) is 0.537. The molecule has 3 aromatic carbocycles. The topological polar surface area (TPSA) is 26.3 Å². The fourth-order valence-corrected chi connectivity index (χ4v) is 3.59. The first-order valence-electron chi connectivity index (χ1n) is 8.67. The van der Waals surface area contributed by atoms with Crippen molar-refractivity contribution in [2.24, 2.45) is 5.41 Å². The molecule has 0 bridgehead atoms. The Morgan fingerprint density at radius 2 is 1.44 bits per heavy atom. The molecule has 1 atom stereocenters. The highest BCUT2D eigenvalue weighted by Gasteiger charge is 2.44. The van der Waals surface area contributed by atoms with Gasteiger partial charge in [0.25, 0.3) is 0 Å². The zero-order chi connectivity index (χ0) is 17.8. The fourth-order valence-electron chi connectivity index (χ4n) is 3.59. The van der Waals surface area contributed by atoms with Crippen LogP contribution in [0.5, 0.6) is 0 Å². The summed E-state index contributed by atoms with van der Waals surface area (Å²) in [4.78, 5) is 12.7. The molecule has 0 aliphatic heterocycles. The summed E-state index contributed by atoms with van der Waals surface area (Å²) in [5, 5.41) is 2.36. The average molecular weight is 330 g/mol. The molecule has 0 saturated carbocycles. The third-order valence-corrected chi connectivity index (χ3v) is 5.04. The Balaban J connectivity index is 1.97. The zero-order valence-electron chi connectivity index (χ0n) is 15.1. The molecule has 1 aliphatic rings. The number of esters is 1. The molecule has 0 heterocycles. The molecule has 0 N–H and O–H groups in total. The summed E-state index contributed by atoms with van der Waals surface area (Å²) >= 11 is 0. The minimum absolute atomic E-state index is 0.189. The van der Waals surface area contributed by atoms with E-state index in [2.05, 4.69) is 42.5 Å². The number of fused-ring (bicyclic) bond motifs is 4. The van der Waals surface area contributed by atoms with Crippen molar-refractivity contribution in [2.45, 2.75) is 33.3 Å². The van der Waals surface area contributed by atoms with Crippen molar-refractivity contribution in [3.05, 3.63) is 71.8 Å². The maximum Gasteiger partial charge on any atom is 0.312 e. The second kappa shape index (κ2) is 5.19. The third-order valence-electron chi connectivity index (χ3n) is 5.04. The monoisotopic (exact) mass is 330 g/mol. The van der Waals surface area contributed by atoms with Gasteiger partial charge in [0.15, 0.2) is 5.60 Å². The van der Waals surface area contributed by atoms with Gasteiger partial charge < -0.3 is 4.74 Å². The molecule has 0 radical (unpaired) electrons. The van der Waals surface area contributed by atoms with Gasteiger partial charge in [0.2, 0.25) is 0 Å². The van der Waals surface area contributed by atoms with Gasteiger partial charge in [-0.1, -0.05) is 48.5 Å². The van der Waals surface area contributed by atoms with Crippen molar-refractivity contribution in [1.29, 1.82) is 0 Å². The summed E-state index contributed by atoms with van der Waals surface area (Å²) in [6.07, 6.45) is 0. The first kappa shape index (κ1) is 15.9. The maximum atomic E-state index is 12.7.